The van der Waals surface area contributed by atoms with E-state index in [-0.39, 0.29) is 0 Å². The number of hydrogen-bond acceptors (Lipinski definition) is 4. The van der Waals surface area contributed by atoms with Crippen LogP contribution in [0.15, 0.2) is 0 Å². The molecule has 1 atom stereocenters. The molecule has 1 heterocycles. The SMILES string of the molecule is CCC(CN)N(C)CC1(O)CCOCC1. The van der Waals surface area contributed by atoms with E-state index in [4.69, 9.17) is 10.5 Å². The Hall–Kier alpha value is -0.160. The van der Waals surface area contributed by atoms with E-state index >= 15 is 0 Å². The number of nitrogens with zero attached hydrogens (tertiary/aromatic N) is 1. The summed E-state index contributed by atoms with van der Waals surface area (Å²) in [7, 11) is 2.04. The Kier molecular flexibility index (Phi) is 4.99. The normalized spacial score (nSPS) is 23.0. The molecule has 1 unspecified atom stereocenters. The Balaban J connectivity index is 2.44. The Morgan fingerprint density at radius 1 is 1.47 bits per heavy atom. The number of hydrogen-bond donors (Lipinski definition) is 2. The molecule has 0 aliphatic carbocycles. The van der Waals surface area contributed by atoms with Crippen molar-refractivity contribution >= 4 is 0 Å². The Morgan fingerprint density at radius 3 is 2.53 bits per heavy atom. The summed E-state index contributed by atoms with van der Waals surface area (Å²) >= 11 is 0. The molecule has 4 nitrogen and oxygen atoms in total. The number of rotatable bonds is 5. The van der Waals surface area contributed by atoms with Crippen molar-refractivity contribution in [2.75, 3.05) is 33.4 Å². The van der Waals surface area contributed by atoms with Gasteiger partial charge in [0.15, 0.2) is 0 Å². The van der Waals surface area contributed by atoms with E-state index < -0.39 is 5.60 Å². The smallest absolute Gasteiger partial charge is 0.0817 e. The highest BCUT2D eigenvalue weighted by Crippen LogP contribution is 2.22. The maximum atomic E-state index is 10.3. The molecule has 0 amide bonds. The summed E-state index contributed by atoms with van der Waals surface area (Å²) in [5.41, 5.74) is 5.11. The molecule has 15 heavy (non-hydrogen) atoms. The van der Waals surface area contributed by atoms with Gasteiger partial charge < -0.3 is 15.6 Å². The van der Waals surface area contributed by atoms with Gasteiger partial charge in [-0.3, -0.25) is 4.90 Å². The van der Waals surface area contributed by atoms with Crippen LogP contribution in [0.1, 0.15) is 26.2 Å². The number of aliphatic hydroxyl groups is 1. The molecule has 1 fully saturated rings. The maximum absolute atomic E-state index is 10.3. The van der Waals surface area contributed by atoms with Crippen molar-refractivity contribution < 1.29 is 9.84 Å². The van der Waals surface area contributed by atoms with Crippen molar-refractivity contribution in [2.24, 2.45) is 5.73 Å². The number of ether oxygens (including phenoxy) is 1. The Bertz CT molecular complexity index is 177. The second-order valence-corrected chi connectivity index (χ2v) is 4.55. The fraction of sp³-hybridized carbons (Fsp3) is 1.00. The summed E-state index contributed by atoms with van der Waals surface area (Å²) in [6.45, 7) is 4.82. The molecule has 90 valence electrons. The summed E-state index contributed by atoms with van der Waals surface area (Å²) < 4.78 is 5.26. The molecule has 3 N–H and O–H groups in total. The van der Waals surface area contributed by atoms with Gasteiger partial charge in [0.2, 0.25) is 0 Å². The van der Waals surface area contributed by atoms with Crippen molar-refractivity contribution in [3.63, 3.8) is 0 Å². The van der Waals surface area contributed by atoms with Gasteiger partial charge >= 0.3 is 0 Å². The van der Waals surface area contributed by atoms with Gasteiger partial charge in [0.05, 0.1) is 5.60 Å². The molecule has 1 aliphatic heterocycles. The minimum absolute atomic E-state index is 0.372. The van der Waals surface area contributed by atoms with E-state index in [1.807, 2.05) is 7.05 Å². The van der Waals surface area contributed by atoms with Gasteiger partial charge in [-0.25, -0.2) is 0 Å². The topological polar surface area (TPSA) is 58.7 Å². The lowest BCUT2D eigenvalue weighted by Gasteiger charge is -2.38. The average Bonchev–Trinajstić information content (AvgIpc) is 2.19. The summed E-state index contributed by atoms with van der Waals surface area (Å²) in [4.78, 5) is 2.17. The summed E-state index contributed by atoms with van der Waals surface area (Å²) in [5.74, 6) is 0. The average molecular weight is 216 g/mol. The third kappa shape index (κ3) is 3.72. The number of likely N-dealkylation sites (N-methyl/N-ethyl adjacent to an activating group) is 1. The van der Waals surface area contributed by atoms with Gasteiger partial charge in [-0.15, -0.1) is 0 Å². The zero-order valence-electron chi connectivity index (χ0n) is 9.91. The Labute approximate surface area is 92.4 Å². The van der Waals surface area contributed by atoms with Crippen LogP contribution >= 0.6 is 0 Å². The summed E-state index contributed by atoms with van der Waals surface area (Å²) in [5, 5.41) is 10.3. The molecular formula is C11H24N2O2. The van der Waals surface area contributed by atoms with Crippen LogP contribution in [0.3, 0.4) is 0 Å². The lowest BCUT2D eigenvalue weighted by atomic mass is 9.93. The van der Waals surface area contributed by atoms with Crippen LogP contribution in [-0.2, 0) is 4.74 Å². The molecule has 0 bridgehead atoms. The first kappa shape index (κ1) is 12.9. The van der Waals surface area contributed by atoms with Gasteiger partial charge in [0, 0.05) is 45.2 Å². The molecule has 1 rings (SSSR count). The van der Waals surface area contributed by atoms with Crippen LogP contribution in [0, 0.1) is 0 Å². The molecule has 0 saturated carbocycles. The fourth-order valence-electron chi connectivity index (χ4n) is 2.16. The van der Waals surface area contributed by atoms with E-state index in [2.05, 4.69) is 11.8 Å². The quantitative estimate of drug-likeness (QED) is 0.689. The molecule has 0 aromatic carbocycles. The predicted molar refractivity (Wildman–Crippen MR) is 60.8 cm³/mol. The van der Waals surface area contributed by atoms with Crippen molar-refractivity contribution in [2.45, 2.75) is 37.8 Å². The van der Waals surface area contributed by atoms with Gasteiger partial charge in [-0.2, -0.15) is 0 Å². The van der Waals surface area contributed by atoms with Crippen molar-refractivity contribution in [3.8, 4) is 0 Å². The summed E-state index contributed by atoms with van der Waals surface area (Å²) in [6.07, 6.45) is 2.50. The molecular weight excluding hydrogens is 192 g/mol. The summed E-state index contributed by atoms with van der Waals surface area (Å²) in [6, 6.07) is 0.372. The first-order chi connectivity index (χ1) is 7.11. The molecule has 0 aromatic heterocycles. The second kappa shape index (κ2) is 5.80. The zero-order valence-corrected chi connectivity index (χ0v) is 9.91. The van der Waals surface area contributed by atoms with E-state index in [0.29, 0.717) is 32.3 Å². The van der Waals surface area contributed by atoms with Gasteiger partial charge in [0.25, 0.3) is 0 Å². The first-order valence-electron chi connectivity index (χ1n) is 5.82. The van der Waals surface area contributed by atoms with Crippen molar-refractivity contribution in [1.29, 1.82) is 0 Å². The van der Waals surface area contributed by atoms with Crippen LogP contribution in [0.2, 0.25) is 0 Å². The highest BCUT2D eigenvalue weighted by Gasteiger charge is 2.32. The van der Waals surface area contributed by atoms with Crippen LogP contribution in [0.25, 0.3) is 0 Å². The van der Waals surface area contributed by atoms with Crippen LogP contribution < -0.4 is 5.73 Å². The predicted octanol–water partition coefficient (Wildman–Crippen LogP) is 0.197. The standard InChI is InChI=1S/C11H24N2O2/c1-3-10(8-12)13(2)9-11(14)4-6-15-7-5-11/h10,14H,3-9,12H2,1-2H3. The van der Waals surface area contributed by atoms with Crippen molar-refractivity contribution in [3.05, 3.63) is 0 Å². The lowest BCUT2D eigenvalue weighted by molar-refractivity contribution is -0.0811. The Morgan fingerprint density at radius 2 is 2.07 bits per heavy atom. The van der Waals surface area contributed by atoms with Gasteiger partial charge in [-0.05, 0) is 13.5 Å². The van der Waals surface area contributed by atoms with E-state index in [9.17, 15) is 5.11 Å². The van der Waals surface area contributed by atoms with Crippen LogP contribution in [0.4, 0.5) is 0 Å². The van der Waals surface area contributed by atoms with E-state index in [1.54, 1.807) is 0 Å². The monoisotopic (exact) mass is 216 g/mol. The minimum Gasteiger partial charge on any atom is -0.388 e. The first-order valence-corrected chi connectivity index (χ1v) is 5.82. The van der Waals surface area contributed by atoms with Crippen LogP contribution in [0.5, 0.6) is 0 Å². The van der Waals surface area contributed by atoms with Crippen molar-refractivity contribution in [1.82, 2.24) is 4.90 Å². The third-order valence-corrected chi connectivity index (χ3v) is 3.33. The minimum atomic E-state index is -0.574. The molecule has 4 heteroatoms. The zero-order chi connectivity index (χ0) is 11.3. The third-order valence-electron chi connectivity index (χ3n) is 3.33. The lowest BCUT2D eigenvalue weighted by Crippen LogP contribution is -2.50. The fourth-order valence-corrected chi connectivity index (χ4v) is 2.16. The molecule has 1 saturated heterocycles. The number of nitrogens with two attached hydrogens (primary N) is 1. The second-order valence-electron chi connectivity index (χ2n) is 4.55. The highest BCUT2D eigenvalue weighted by atomic mass is 16.5. The van der Waals surface area contributed by atoms with Crippen LogP contribution in [-0.4, -0.2) is 55.0 Å². The van der Waals surface area contributed by atoms with E-state index in [1.165, 1.54) is 0 Å². The highest BCUT2D eigenvalue weighted by molar-refractivity contribution is 4.85. The molecule has 1 aliphatic rings. The molecule has 0 spiro atoms. The maximum Gasteiger partial charge on any atom is 0.0817 e. The molecule has 0 radical (unpaired) electrons. The molecule has 0 aromatic rings. The van der Waals surface area contributed by atoms with Gasteiger partial charge in [-0.1, -0.05) is 6.92 Å². The van der Waals surface area contributed by atoms with E-state index in [0.717, 1.165) is 19.3 Å². The largest absolute Gasteiger partial charge is 0.388 e. The van der Waals surface area contributed by atoms with Gasteiger partial charge in [0.1, 0.15) is 0 Å².